The predicted octanol–water partition coefficient (Wildman–Crippen LogP) is 4.59. The van der Waals surface area contributed by atoms with Crippen LogP contribution in [-0.2, 0) is 0 Å². The average molecular weight is 319 g/mol. The van der Waals surface area contributed by atoms with Crippen LogP contribution in [0.5, 0.6) is 5.75 Å². The van der Waals surface area contributed by atoms with Crippen LogP contribution in [0.3, 0.4) is 0 Å². The first kappa shape index (κ1) is 13.8. The number of aryl methyl sites for hydroxylation is 3. The quantitative estimate of drug-likeness (QED) is 0.597. The number of hydrogen-bond donors (Lipinski definition) is 0. The monoisotopic (exact) mass is 318 g/mol. The molecule has 2 aromatic carbocycles. The molecule has 2 rings (SSSR count). The molecule has 0 aromatic heterocycles. The zero-order chi connectivity index (χ0) is 14.0. The molecule has 0 unspecified atom stereocenters. The molecule has 98 valence electrons. The molecule has 19 heavy (non-hydrogen) atoms. The lowest BCUT2D eigenvalue weighted by Gasteiger charge is -2.11. The Morgan fingerprint density at radius 2 is 1.47 bits per heavy atom. The second kappa shape index (κ2) is 5.57. The lowest BCUT2D eigenvalue weighted by Crippen LogP contribution is -2.11. The summed E-state index contributed by atoms with van der Waals surface area (Å²) >= 11 is 3.43. The Kier molecular flexibility index (Phi) is 4.05. The Bertz CT molecular complexity index is 612. The Balaban J connectivity index is 2.34. The number of carbonyl (C=O) groups excluding carboxylic acids is 1. The van der Waals surface area contributed by atoms with Gasteiger partial charge in [-0.2, -0.15) is 0 Å². The number of carbonyl (C=O) groups is 1. The molecule has 2 nitrogen and oxygen atoms in total. The van der Waals surface area contributed by atoms with Crippen LogP contribution in [-0.4, -0.2) is 5.97 Å². The van der Waals surface area contributed by atoms with Crippen molar-refractivity contribution in [3.63, 3.8) is 0 Å². The maximum atomic E-state index is 12.2. The topological polar surface area (TPSA) is 26.3 Å². The first-order chi connectivity index (χ1) is 9.00. The second-order valence-corrected chi connectivity index (χ2v) is 5.34. The number of rotatable bonds is 2. The van der Waals surface area contributed by atoms with Crippen LogP contribution in [0.25, 0.3) is 0 Å². The van der Waals surface area contributed by atoms with Gasteiger partial charge in [0.25, 0.3) is 0 Å². The summed E-state index contributed by atoms with van der Waals surface area (Å²) in [5.41, 5.74) is 3.47. The zero-order valence-electron chi connectivity index (χ0n) is 11.2. The minimum absolute atomic E-state index is 0.340. The van der Waals surface area contributed by atoms with E-state index in [0.717, 1.165) is 21.2 Å². The lowest BCUT2D eigenvalue weighted by molar-refractivity contribution is 0.0731. The normalized spacial score (nSPS) is 10.3. The summed E-state index contributed by atoms with van der Waals surface area (Å²) in [7, 11) is 0. The van der Waals surface area contributed by atoms with Gasteiger partial charge in [0.15, 0.2) is 0 Å². The zero-order valence-corrected chi connectivity index (χ0v) is 12.7. The molecule has 0 atom stereocenters. The number of para-hydroxylation sites is 1. The summed E-state index contributed by atoms with van der Waals surface area (Å²) in [5.74, 6) is 0.300. The van der Waals surface area contributed by atoms with E-state index in [2.05, 4.69) is 15.9 Å². The highest BCUT2D eigenvalue weighted by atomic mass is 79.9. The van der Waals surface area contributed by atoms with Crippen molar-refractivity contribution < 1.29 is 9.53 Å². The fraction of sp³-hybridized carbons (Fsp3) is 0.188. The van der Waals surface area contributed by atoms with E-state index in [9.17, 15) is 4.79 Å². The van der Waals surface area contributed by atoms with Crippen molar-refractivity contribution in [3.8, 4) is 5.75 Å². The summed E-state index contributed by atoms with van der Waals surface area (Å²) in [4.78, 5) is 12.2. The van der Waals surface area contributed by atoms with Crippen LogP contribution in [0.4, 0.5) is 0 Å². The van der Waals surface area contributed by atoms with Crippen LogP contribution < -0.4 is 4.74 Å². The Hall–Kier alpha value is -1.61. The van der Waals surface area contributed by atoms with Crippen molar-refractivity contribution in [1.29, 1.82) is 0 Å². The van der Waals surface area contributed by atoms with Crippen molar-refractivity contribution in [1.82, 2.24) is 0 Å². The molecule has 0 aliphatic heterocycles. The molecule has 0 heterocycles. The van der Waals surface area contributed by atoms with Gasteiger partial charge in [-0.1, -0.05) is 30.3 Å². The number of esters is 1. The van der Waals surface area contributed by atoms with Gasteiger partial charge >= 0.3 is 5.97 Å². The first-order valence-corrected chi connectivity index (χ1v) is 6.83. The number of ether oxygens (including phenoxy) is 1. The molecule has 0 aliphatic carbocycles. The third kappa shape index (κ3) is 2.87. The molecule has 0 fully saturated rings. The van der Waals surface area contributed by atoms with Crippen molar-refractivity contribution in [2.45, 2.75) is 20.8 Å². The molecule has 0 aliphatic rings. The Morgan fingerprint density at radius 3 is 2.11 bits per heavy atom. The van der Waals surface area contributed by atoms with E-state index < -0.39 is 0 Å². The second-order valence-electron chi connectivity index (χ2n) is 4.55. The summed E-state index contributed by atoms with van der Waals surface area (Å²) in [6.45, 7) is 5.81. The highest BCUT2D eigenvalue weighted by Crippen LogP contribution is 2.26. The van der Waals surface area contributed by atoms with Crippen molar-refractivity contribution >= 4 is 21.9 Å². The van der Waals surface area contributed by atoms with Gasteiger partial charge in [0.2, 0.25) is 0 Å². The van der Waals surface area contributed by atoms with E-state index in [1.807, 2.05) is 51.1 Å². The van der Waals surface area contributed by atoms with Gasteiger partial charge in [-0.05, 0) is 59.5 Å². The van der Waals surface area contributed by atoms with Crippen LogP contribution in [0.1, 0.15) is 27.0 Å². The SMILES string of the molecule is Cc1cccc(C(=O)Oc2c(C)cccc2C)c1Br. The lowest BCUT2D eigenvalue weighted by atomic mass is 10.1. The summed E-state index contributed by atoms with van der Waals surface area (Å²) in [6.07, 6.45) is 0. The third-order valence-electron chi connectivity index (χ3n) is 3.02. The van der Waals surface area contributed by atoms with E-state index >= 15 is 0 Å². The van der Waals surface area contributed by atoms with Crippen molar-refractivity contribution in [3.05, 3.63) is 63.1 Å². The van der Waals surface area contributed by atoms with Gasteiger partial charge < -0.3 is 4.74 Å². The van der Waals surface area contributed by atoms with Gasteiger partial charge in [-0.15, -0.1) is 0 Å². The van der Waals surface area contributed by atoms with Crippen molar-refractivity contribution in [2.75, 3.05) is 0 Å². The minimum Gasteiger partial charge on any atom is -0.422 e. The molecular formula is C16H15BrO2. The van der Waals surface area contributed by atoms with Crippen LogP contribution >= 0.6 is 15.9 Å². The molecule has 0 spiro atoms. The molecule has 2 aromatic rings. The number of halogens is 1. The molecule has 0 N–H and O–H groups in total. The molecule has 0 saturated heterocycles. The average Bonchev–Trinajstić information content (AvgIpc) is 2.37. The number of benzene rings is 2. The Morgan fingerprint density at radius 1 is 0.947 bits per heavy atom. The van der Waals surface area contributed by atoms with Gasteiger partial charge in [0, 0.05) is 4.47 Å². The fourth-order valence-corrected chi connectivity index (χ4v) is 2.34. The van der Waals surface area contributed by atoms with Crippen LogP contribution in [0, 0.1) is 20.8 Å². The minimum atomic E-state index is -0.340. The highest BCUT2D eigenvalue weighted by Gasteiger charge is 2.15. The van der Waals surface area contributed by atoms with Crippen molar-refractivity contribution in [2.24, 2.45) is 0 Å². The Labute approximate surface area is 121 Å². The molecule has 0 bridgehead atoms. The first-order valence-electron chi connectivity index (χ1n) is 6.04. The standard InChI is InChI=1S/C16H15BrO2/c1-10-6-5-9-13(14(10)17)16(18)19-15-11(2)7-4-8-12(15)3/h4-9H,1-3H3. The fourth-order valence-electron chi connectivity index (χ4n) is 1.91. The van der Waals surface area contributed by atoms with Gasteiger partial charge in [-0.3, -0.25) is 0 Å². The third-order valence-corrected chi connectivity index (χ3v) is 4.07. The van der Waals surface area contributed by atoms with Gasteiger partial charge in [-0.25, -0.2) is 4.79 Å². The molecule has 0 radical (unpaired) electrons. The maximum Gasteiger partial charge on any atom is 0.344 e. The van der Waals surface area contributed by atoms with Gasteiger partial charge in [0.1, 0.15) is 5.75 Å². The van der Waals surface area contributed by atoms with Gasteiger partial charge in [0.05, 0.1) is 5.56 Å². The molecule has 0 amide bonds. The molecule has 3 heteroatoms. The number of hydrogen-bond acceptors (Lipinski definition) is 2. The summed E-state index contributed by atoms with van der Waals surface area (Å²) < 4.78 is 6.31. The molecular weight excluding hydrogens is 304 g/mol. The van der Waals surface area contributed by atoms with Crippen LogP contribution in [0.15, 0.2) is 40.9 Å². The molecule has 0 saturated carbocycles. The highest BCUT2D eigenvalue weighted by molar-refractivity contribution is 9.10. The van der Waals surface area contributed by atoms with E-state index in [4.69, 9.17) is 4.74 Å². The summed E-state index contributed by atoms with van der Waals surface area (Å²) in [6, 6.07) is 11.4. The van der Waals surface area contributed by atoms with E-state index in [-0.39, 0.29) is 5.97 Å². The van der Waals surface area contributed by atoms with E-state index in [1.165, 1.54) is 0 Å². The summed E-state index contributed by atoms with van der Waals surface area (Å²) in [5, 5.41) is 0. The van der Waals surface area contributed by atoms with E-state index in [0.29, 0.717) is 11.3 Å². The maximum absolute atomic E-state index is 12.2. The predicted molar refractivity (Wildman–Crippen MR) is 79.8 cm³/mol. The largest absolute Gasteiger partial charge is 0.422 e. The van der Waals surface area contributed by atoms with E-state index in [1.54, 1.807) is 6.07 Å². The smallest absolute Gasteiger partial charge is 0.344 e. The van der Waals surface area contributed by atoms with Crippen LogP contribution in [0.2, 0.25) is 0 Å².